The smallest absolute Gasteiger partial charge is 0.272 e. The van der Waals surface area contributed by atoms with Crippen molar-refractivity contribution in [2.45, 2.75) is 26.9 Å². The topological polar surface area (TPSA) is 59.2 Å². The minimum absolute atomic E-state index is 0.0691. The number of carbonyl (C=O) groups excluding carboxylic acids is 1. The summed E-state index contributed by atoms with van der Waals surface area (Å²) in [5, 5.41) is 8.57. The molecule has 1 amide bonds. The van der Waals surface area contributed by atoms with Gasteiger partial charge in [-0.05, 0) is 19.9 Å². The maximum Gasteiger partial charge on any atom is 0.272 e. The first-order valence-corrected chi connectivity index (χ1v) is 8.11. The van der Waals surface area contributed by atoms with Crippen LogP contribution in [0, 0.1) is 6.92 Å². The van der Waals surface area contributed by atoms with Gasteiger partial charge < -0.3 is 4.90 Å². The van der Waals surface area contributed by atoms with Gasteiger partial charge in [0.05, 0.1) is 5.69 Å². The predicted molar refractivity (Wildman–Crippen MR) is 87.0 cm³/mol. The Morgan fingerprint density at radius 1 is 1.26 bits per heavy atom. The first-order chi connectivity index (χ1) is 11.1. The van der Waals surface area contributed by atoms with Crippen molar-refractivity contribution in [3.8, 4) is 0 Å². The summed E-state index contributed by atoms with van der Waals surface area (Å²) in [7, 11) is 1.80. The summed E-state index contributed by atoms with van der Waals surface area (Å²) in [6.45, 7) is 9.24. The lowest BCUT2D eigenvalue weighted by atomic mass is 10.2. The Labute approximate surface area is 136 Å². The summed E-state index contributed by atoms with van der Waals surface area (Å²) < 4.78 is 3.62. The molecule has 1 fully saturated rings. The van der Waals surface area contributed by atoms with Crippen LogP contribution in [0.2, 0.25) is 0 Å². The van der Waals surface area contributed by atoms with Gasteiger partial charge in [0.1, 0.15) is 5.69 Å². The van der Waals surface area contributed by atoms with Crippen LogP contribution in [-0.4, -0.2) is 61.4 Å². The summed E-state index contributed by atoms with van der Waals surface area (Å²) in [5.41, 5.74) is 3.03. The Balaban J connectivity index is 1.57. The van der Waals surface area contributed by atoms with E-state index in [1.807, 2.05) is 9.58 Å². The highest BCUT2D eigenvalue weighted by Gasteiger charge is 2.24. The highest BCUT2D eigenvalue weighted by molar-refractivity contribution is 5.92. The van der Waals surface area contributed by atoms with E-state index in [0.29, 0.717) is 5.69 Å². The molecule has 2 aromatic rings. The van der Waals surface area contributed by atoms with Crippen molar-refractivity contribution in [3.05, 3.63) is 35.4 Å². The summed E-state index contributed by atoms with van der Waals surface area (Å²) in [6.07, 6.45) is 3.79. The minimum atomic E-state index is 0.0691. The zero-order chi connectivity index (χ0) is 16.4. The Kier molecular flexibility index (Phi) is 4.47. The molecule has 0 bridgehead atoms. The number of rotatable bonds is 4. The highest BCUT2D eigenvalue weighted by atomic mass is 16.2. The number of aryl methyl sites for hydroxylation is 3. The summed E-state index contributed by atoms with van der Waals surface area (Å²) in [5.74, 6) is 0.0691. The van der Waals surface area contributed by atoms with Gasteiger partial charge in [-0.1, -0.05) is 0 Å². The fourth-order valence-electron chi connectivity index (χ4n) is 2.97. The first kappa shape index (κ1) is 15.7. The van der Waals surface area contributed by atoms with Crippen LogP contribution >= 0.6 is 0 Å². The quantitative estimate of drug-likeness (QED) is 0.841. The Morgan fingerprint density at radius 2 is 2.00 bits per heavy atom. The molecular formula is C16H24N6O. The summed E-state index contributed by atoms with van der Waals surface area (Å²) in [4.78, 5) is 16.8. The molecule has 1 saturated heterocycles. The summed E-state index contributed by atoms with van der Waals surface area (Å²) >= 11 is 0. The third-order valence-electron chi connectivity index (χ3n) is 4.47. The molecule has 124 valence electrons. The van der Waals surface area contributed by atoms with Gasteiger partial charge in [-0.15, -0.1) is 0 Å². The average Bonchev–Trinajstić information content (AvgIpc) is 3.13. The molecule has 0 spiro atoms. The second kappa shape index (κ2) is 6.54. The van der Waals surface area contributed by atoms with Crippen molar-refractivity contribution >= 4 is 5.91 Å². The lowest BCUT2D eigenvalue weighted by Gasteiger charge is -2.34. The number of hydrogen-bond acceptors (Lipinski definition) is 4. The third kappa shape index (κ3) is 3.29. The molecule has 0 radical (unpaired) electrons. The molecule has 0 N–H and O–H groups in total. The Morgan fingerprint density at radius 3 is 2.57 bits per heavy atom. The van der Waals surface area contributed by atoms with Gasteiger partial charge in [0.2, 0.25) is 0 Å². The van der Waals surface area contributed by atoms with Gasteiger partial charge >= 0.3 is 0 Å². The van der Waals surface area contributed by atoms with E-state index in [1.165, 1.54) is 5.56 Å². The minimum Gasteiger partial charge on any atom is -0.335 e. The zero-order valence-corrected chi connectivity index (χ0v) is 14.1. The van der Waals surface area contributed by atoms with E-state index >= 15 is 0 Å². The molecule has 1 aliphatic rings. The van der Waals surface area contributed by atoms with Crippen LogP contribution < -0.4 is 0 Å². The summed E-state index contributed by atoms with van der Waals surface area (Å²) in [6, 6.07) is 1.78. The standard InChI is InChI=1S/C16H24N6O/c1-4-22-12-14(13(2)18-22)11-20-7-9-21(10-8-20)16(23)15-5-6-17-19(15)3/h5-6,12H,4,7-11H2,1-3H3. The zero-order valence-electron chi connectivity index (χ0n) is 14.1. The normalized spacial score (nSPS) is 16.0. The van der Waals surface area contributed by atoms with E-state index in [1.54, 1.807) is 24.0 Å². The molecule has 0 atom stereocenters. The fraction of sp³-hybridized carbons (Fsp3) is 0.562. The third-order valence-corrected chi connectivity index (χ3v) is 4.47. The maximum absolute atomic E-state index is 12.5. The molecule has 3 rings (SSSR count). The van der Waals surface area contributed by atoms with Gasteiger partial charge in [-0.3, -0.25) is 19.1 Å². The molecule has 0 aliphatic carbocycles. The predicted octanol–water partition coefficient (Wildman–Crippen LogP) is 0.903. The number of nitrogens with zero attached hydrogens (tertiary/aromatic N) is 6. The van der Waals surface area contributed by atoms with Crippen molar-refractivity contribution in [2.24, 2.45) is 7.05 Å². The Bertz CT molecular complexity index is 681. The second-order valence-electron chi connectivity index (χ2n) is 6.00. The van der Waals surface area contributed by atoms with Crippen LogP contribution in [0.25, 0.3) is 0 Å². The van der Waals surface area contributed by atoms with E-state index in [-0.39, 0.29) is 5.91 Å². The number of carbonyl (C=O) groups is 1. The van der Waals surface area contributed by atoms with Crippen molar-refractivity contribution < 1.29 is 4.79 Å². The largest absolute Gasteiger partial charge is 0.335 e. The van der Waals surface area contributed by atoms with E-state index in [9.17, 15) is 4.79 Å². The van der Waals surface area contributed by atoms with Gasteiger partial charge in [-0.2, -0.15) is 10.2 Å². The van der Waals surface area contributed by atoms with Crippen LogP contribution in [0.1, 0.15) is 28.7 Å². The molecule has 3 heterocycles. The van der Waals surface area contributed by atoms with Crippen molar-refractivity contribution in [1.29, 1.82) is 0 Å². The second-order valence-corrected chi connectivity index (χ2v) is 6.00. The molecule has 23 heavy (non-hydrogen) atoms. The SMILES string of the molecule is CCn1cc(CN2CCN(C(=O)c3ccnn3C)CC2)c(C)n1. The molecule has 0 saturated carbocycles. The monoisotopic (exact) mass is 316 g/mol. The maximum atomic E-state index is 12.5. The number of aromatic nitrogens is 4. The average molecular weight is 316 g/mol. The number of piperazine rings is 1. The molecular weight excluding hydrogens is 292 g/mol. The lowest BCUT2D eigenvalue weighted by molar-refractivity contribution is 0.0617. The van der Waals surface area contributed by atoms with Crippen molar-refractivity contribution in [3.63, 3.8) is 0 Å². The number of amides is 1. The molecule has 1 aliphatic heterocycles. The van der Waals surface area contributed by atoms with Crippen LogP contribution in [-0.2, 0) is 20.1 Å². The van der Waals surface area contributed by atoms with Crippen LogP contribution in [0.4, 0.5) is 0 Å². The van der Waals surface area contributed by atoms with Crippen LogP contribution in [0.5, 0.6) is 0 Å². The first-order valence-electron chi connectivity index (χ1n) is 8.11. The van der Waals surface area contributed by atoms with Gasteiger partial charge in [0.25, 0.3) is 5.91 Å². The van der Waals surface area contributed by atoms with E-state index < -0.39 is 0 Å². The lowest BCUT2D eigenvalue weighted by Crippen LogP contribution is -2.48. The Hall–Kier alpha value is -2.15. The molecule has 0 aromatic carbocycles. The van der Waals surface area contributed by atoms with E-state index in [2.05, 4.69) is 35.1 Å². The van der Waals surface area contributed by atoms with Crippen LogP contribution in [0.15, 0.2) is 18.5 Å². The van der Waals surface area contributed by atoms with Crippen molar-refractivity contribution in [1.82, 2.24) is 29.4 Å². The van der Waals surface area contributed by atoms with Gasteiger partial charge in [0, 0.05) is 64.3 Å². The van der Waals surface area contributed by atoms with Gasteiger partial charge in [0.15, 0.2) is 0 Å². The van der Waals surface area contributed by atoms with Gasteiger partial charge in [-0.25, -0.2) is 0 Å². The molecule has 0 unspecified atom stereocenters. The van der Waals surface area contributed by atoms with Crippen LogP contribution in [0.3, 0.4) is 0 Å². The molecule has 2 aromatic heterocycles. The van der Waals surface area contributed by atoms with E-state index in [0.717, 1.165) is 45.0 Å². The number of hydrogen-bond donors (Lipinski definition) is 0. The van der Waals surface area contributed by atoms with E-state index in [4.69, 9.17) is 0 Å². The highest BCUT2D eigenvalue weighted by Crippen LogP contribution is 2.13. The molecule has 7 nitrogen and oxygen atoms in total. The fourth-order valence-corrected chi connectivity index (χ4v) is 2.97. The molecule has 7 heteroatoms. The van der Waals surface area contributed by atoms with Crippen molar-refractivity contribution in [2.75, 3.05) is 26.2 Å².